The molecule has 1 heterocycles. The van der Waals surface area contributed by atoms with Crippen molar-refractivity contribution in [2.24, 2.45) is 4.99 Å². The molecule has 3 aromatic carbocycles. The highest BCUT2D eigenvalue weighted by Gasteiger charge is 2.32. The van der Waals surface area contributed by atoms with Crippen molar-refractivity contribution in [3.63, 3.8) is 0 Å². The number of benzene rings is 3. The smallest absolute Gasteiger partial charge is 0.283 e. The molecule has 0 radical (unpaired) electrons. The zero-order valence-corrected chi connectivity index (χ0v) is 19.5. The minimum atomic E-state index is -0.384. The Morgan fingerprint density at radius 1 is 1.03 bits per heavy atom. The minimum absolute atomic E-state index is 0.0813. The quantitative estimate of drug-likeness (QED) is 0.457. The molecule has 0 saturated heterocycles. The van der Waals surface area contributed by atoms with Crippen LogP contribution in [0.15, 0.2) is 95.6 Å². The van der Waals surface area contributed by atoms with Crippen LogP contribution >= 0.6 is 11.8 Å². The predicted molar refractivity (Wildman–Crippen MR) is 136 cm³/mol. The van der Waals surface area contributed by atoms with E-state index in [2.05, 4.69) is 10.3 Å². The Morgan fingerprint density at radius 3 is 2.35 bits per heavy atom. The molecule has 0 aliphatic carbocycles. The van der Waals surface area contributed by atoms with E-state index in [1.165, 1.54) is 28.8 Å². The molecule has 4 rings (SSSR count). The number of rotatable bonds is 7. The molecular formula is C27H24FN3O2S. The zero-order valence-electron chi connectivity index (χ0n) is 18.6. The number of thioether (sulfide) groups is 1. The highest BCUT2D eigenvalue weighted by Crippen LogP contribution is 2.30. The predicted octanol–water partition coefficient (Wildman–Crippen LogP) is 5.57. The van der Waals surface area contributed by atoms with Crippen LogP contribution in [0.3, 0.4) is 0 Å². The zero-order chi connectivity index (χ0) is 23.9. The molecule has 34 heavy (non-hydrogen) atoms. The van der Waals surface area contributed by atoms with E-state index in [1.54, 1.807) is 18.2 Å². The molecule has 0 unspecified atom stereocenters. The molecule has 0 spiro atoms. The third-order valence-electron chi connectivity index (χ3n) is 5.25. The standard InChI is InChI=1S/C27H24FN3O2S/c1-19(21-10-6-3-7-11-21)29-25(32)16-17-34-27-30-24(18-20-8-4-2-5-9-20)26(33)31(27)23-14-12-22(28)13-15-23/h2-15,18-19H,16-17H2,1H3,(H,29,32)/b24-18-/t19-/m1/s1. The van der Waals surface area contributed by atoms with E-state index >= 15 is 0 Å². The van der Waals surface area contributed by atoms with Crippen LogP contribution in [-0.2, 0) is 9.59 Å². The SMILES string of the molecule is C[C@@H](NC(=O)CCSC1=N/C(=C\c2ccccc2)C(=O)N1c1ccc(F)cc1)c1ccccc1. The summed E-state index contributed by atoms with van der Waals surface area (Å²) in [6, 6.07) is 24.8. The van der Waals surface area contributed by atoms with Gasteiger partial charge in [0, 0.05) is 12.2 Å². The lowest BCUT2D eigenvalue weighted by atomic mass is 10.1. The molecule has 1 N–H and O–H groups in total. The summed E-state index contributed by atoms with van der Waals surface area (Å²) >= 11 is 1.32. The fraction of sp³-hybridized carbons (Fsp3) is 0.148. The van der Waals surface area contributed by atoms with Crippen molar-refractivity contribution in [2.45, 2.75) is 19.4 Å². The molecule has 0 bridgehead atoms. The molecular weight excluding hydrogens is 449 g/mol. The summed E-state index contributed by atoms with van der Waals surface area (Å²) in [5.41, 5.74) is 2.71. The summed E-state index contributed by atoms with van der Waals surface area (Å²) in [6.07, 6.45) is 1.99. The van der Waals surface area contributed by atoms with Crippen molar-refractivity contribution in [3.8, 4) is 0 Å². The van der Waals surface area contributed by atoms with Gasteiger partial charge in [-0.25, -0.2) is 9.38 Å². The summed E-state index contributed by atoms with van der Waals surface area (Å²) in [5.74, 6) is -0.316. The van der Waals surface area contributed by atoms with Crippen molar-refractivity contribution in [1.29, 1.82) is 0 Å². The van der Waals surface area contributed by atoms with Gasteiger partial charge in [-0.2, -0.15) is 0 Å². The van der Waals surface area contributed by atoms with Gasteiger partial charge in [0.1, 0.15) is 11.5 Å². The van der Waals surface area contributed by atoms with Gasteiger partial charge in [0.15, 0.2) is 5.17 Å². The molecule has 1 aliphatic heterocycles. The van der Waals surface area contributed by atoms with E-state index in [4.69, 9.17) is 0 Å². The number of amidine groups is 1. The average Bonchev–Trinajstić information content (AvgIpc) is 3.15. The number of aliphatic imine (C=N–C) groups is 1. The fourth-order valence-corrected chi connectivity index (χ4v) is 4.44. The van der Waals surface area contributed by atoms with Crippen LogP contribution in [0.25, 0.3) is 6.08 Å². The number of carbonyl (C=O) groups excluding carboxylic acids is 2. The fourth-order valence-electron chi connectivity index (χ4n) is 3.49. The summed E-state index contributed by atoms with van der Waals surface area (Å²) < 4.78 is 13.5. The van der Waals surface area contributed by atoms with E-state index < -0.39 is 0 Å². The van der Waals surface area contributed by atoms with Gasteiger partial charge in [-0.05, 0) is 48.4 Å². The minimum Gasteiger partial charge on any atom is -0.350 e. The molecule has 3 aromatic rings. The first kappa shape index (κ1) is 23.4. The van der Waals surface area contributed by atoms with Crippen LogP contribution in [-0.4, -0.2) is 22.7 Å². The Kier molecular flexibility index (Phi) is 7.54. The van der Waals surface area contributed by atoms with Crippen molar-refractivity contribution < 1.29 is 14.0 Å². The van der Waals surface area contributed by atoms with Crippen LogP contribution in [0, 0.1) is 5.82 Å². The number of hydrogen-bond acceptors (Lipinski definition) is 4. The largest absolute Gasteiger partial charge is 0.350 e. The van der Waals surface area contributed by atoms with Gasteiger partial charge in [-0.1, -0.05) is 72.4 Å². The number of carbonyl (C=O) groups is 2. The maximum absolute atomic E-state index is 13.5. The monoisotopic (exact) mass is 473 g/mol. The molecule has 0 saturated carbocycles. The van der Waals surface area contributed by atoms with Crippen LogP contribution in [0.4, 0.5) is 10.1 Å². The first-order chi connectivity index (χ1) is 16.5. The van der Waals surface area contributed by atoms with Gasteiger partial charge < -0.3 is 5.32 Å². The number of nitrogens with zero attached hydrogens (tertiary/aromatic N) is 2. The highest BCUT2D eigenvalue weighted by atomic mass is 32.2. The second kappa shape index (κ2) is 10.9. The molecule has 2 amide bonds. The van der Waals surface area contributed by atoms with E-state index in [9.17, 15) is 14.0 Å². The van der Waals surface area contributed by atoms with E-state index in [1.807, 2.05) is 67.6 Å². The molecule has 0 fully saturated rings. The lowest BCUT2D eigenvalue weighted by Crippen LogP contribution is -2.31. The lowest BCUT2D eigenvalue weighted by molar-refractivity contribution is -0.121. The van der Waals surface area contributed by atoms with Crippen molar-refractivity contribution in [3.05, 3.63) is 108 Å². The van der Waals surface area contributed by atoms with Crippen LogP contribution in [0.5, 0.6) is 0 Å². The summed E-state index contributed by atoms with van der Waals surface area (Å²) in [6.45, 7) is 1.94. The Bertz CT molecular complexity index is 1210. The number of anilines is 1. The topological polar surface area (TPSA) is 61.8 Å². The van der Waals surface area contributed by atoms with Gasteiger partial charge in [0.25, 0.3) is 5.91 Å². The van der Waals surface area contributed by atoms with E-state index in [-0.39, 0.29) is 30.1 Å². The maximum Gasteiger partial charge on any atom is 0.283 e. The molecule has 172 valence electrons. The van der Waals surface area contributed by atoms with Crippen molar-refractivity contribution in [2.75, 3.05) is 10.7 Å². The van der Waals surface area contributed by atoms with Crippen LogP contribution < -0.4 is 10.2 Å². The summed E-state index contributed by atoms with van der Waals surface area (Å²) in [4.78, 5) is 31.6. The second-order valence-corrected chi connectivity index (χ2v) is 8.81. The van der Waals surface area contributed by atoms with Crippen LogP contribution in [0.1, 0.15) is 30.5 Å². The molecule has 5 nitrogen and oxygen atoms in total. The van der Waals surface area contributed by atoms with Gasteiger partial charge in [-0.3, -0.25) is 14.5 Å². The number of halogens is 1. The number of nitrogens with one attached hydrogen (secondary N) is 1. The van der Waals surface area contributed by atoms with Gasteiger partial charge >= 0.3 is 0 Å². The summed E-state index contributed by atoms with van der Waals surface area (Å²) in [7, 11) is 0. The average molecular weight is 474 g/mol. The van der Waals surface area contributed by atoms with Crippen molar-refractivity contribution in [1.82, 2.24) is 5.32 Å². The van der Waals surface area contributed by atoms with Crippen LogP contribution in [0.2, 0.25) is 0 Å². The first-order valence-electron chi connectivity index (χ1n) is 10.9. The Hall–Kier alpha value is -3.71. The second-order valence-electron chi connectivity index (χ2n) is 7.75. The number of amides is 2. The normalized spacial score (nSPS) is 15.4. The van der Waals surface area contributed by atoms with Crippen molar-refractivity contribution >= 4 is 40.5 Å². The van der Waals surface area contributed by atoms with E-state index in [0.29, 0.717) is 22.3 Å². The molecule has 1 aliphatic rings. The van der Waals surface area contributed by atoms with E-state index in [0.717, 1.165) is 11.1 Å². The third kappa shape index (κ3) is 5.80. The van der Waals surface area contributed by atoms with Gasteiger partial charge in [0.05, 0.1) is 11.7 Å². The lowest BCUT2D eigenvalue weighted by Gasteiger charge is -2.18. The Balaban J connectivity index is 1.46. The maximum atomic E-state index is 13.5. The highest BCUT2D eigenvalue weighted by molar-refractivity contribution is 8.14. The summed E-state index contributed by atoms with van der Waals surface area (Å²) in [5, 5.41) is 3.46. The first-order valence-corrected chi connectivity index (χ1v) is 11.9. The van der Waals surface area contributed by atoms with Gasteiger partial charge in [0.2, 0.25) is 5.91 Å². The molecule has 1 atom stereocenters. The van der Waals surface area contributed by atoms with Gasteiger partial charge in [-0.15, -0.1) is 0 Å². The number of hydrogen-bond donors (Lipinski definition) is 1. The Morgan fingerprint density at radius 2 is 1.68 bits per heavy atom. The molecule has 0 aromatic heterocycles. The third-order valence-corrected chi connectivity index (χ3v) is 6.20. The molecule has 7 heteroatoms. The Labute approximate surface area is 202 Å².